The SMILES string of the molecule is C=C(Br)[C@@H](C)N. The predicted molar refractivity (Wildman–Crippen MR) is 31.7 cm³/mol. The lowest BCUT2D eigenvalue weighted by Gasteiger charge is -1.96. The van der Waals surface area contributed by atoms with E-state index in [4.69, 9.17) is 5.73 Å². The summed E-state index contributed by atoms with van der Waals surface area (Å²) >= 11 is 3.12. The summed E-state index contributed by atoms with van der Waals surface area (Å²) < 4.78 is 0.850. The van der Waals surface area contributed by atoms with Gasteiger partial charge in [0, 0.05) is 10.5 Å². The summed E-state index contributed by atoms with van der Waals surface area (Å²) in [4.78, 5) is 0. The summed E-state index contributed by atoms with van der Waals surface area (Å²) in [6.07, 6.45) is 0. The van der Waals surface area contributed by atoms with Crippen LogP contribution in [0.1, 0.15) is 6.92 Å². The van der Waals surface area contributed by atoms with E-state index in [0.717, 1.165) is 4.48 Å². The van der Waals surface area contributed by atoms with Crippen LogP contribution in [0.15, 0.2) is 11.1 Å². The number of hydrogen-bond acceptors (Lipinski definition) is 1. The molecule has 0 spiro atoms. The average Bonchev–Trinajstić information content (AvgIpc) is 1.36. The van der Waals surface area contributed by atoms with E-state index >= 15 is 0 Å². The fourth-order valence-corrected chi connectivity index (χ4v) is 0. The van der Waals surface area contributed by atoms with Crippen molar-refractivity contribution in [1.82, 2.24) is 0 Å². The Kier molecular flexibility index (Phi) is 2.44. The van der Waals surface area contributed by atoms with Crippen molar-refractivity contribution in [3.63, 3.8) is 0 Å². The highest BCUT2D eigenvalue weighted by molar-refractivity contribution is 9.11. The van der Waals surface area contributed by atoms with Gasteiger partial charge in [0.25, 0.3) is 0 Å². The van der Waals surface area contributed by atoms with E-state index in [1.165, 1.54) is 0 Å². The maximum absolute atomic E-state index is 5.29. The molecule has 0 amide bonds. The van der Waals surface area contributed by atoms with Gasteiger partial charge in [-0.05, 0) is 6.92 Å². The normalized spacial score (nSPS) is 13.8. The molecule has 0 aromatic carbocycles. The standard InChI is InChI=1S/C4H8BrN/c1-3(5)4(2)6/h4H,1,6H2,2H3/t4-/m1/s1. The molecule has 0 saturated heterocycles. The molecule has 6 heavy (non-hydrogen) atoms. The number of hydrogen-bond donors (Lipinski definition) is 1. The van der Waals surface area contributed by atoms with Gasteiger partial charge < -0.3 is 5.73 Å². The Morgan fingerprint density at radius 2 is 2.17 bits per heavy atom. The topological polar surface area (TPSA) is 26.0 Å². The summed E-state index contributed by atoms with van der Waals surface area (Å²) in [5, 5.41) is 0. The van der Waals surface area contributed by atoms with Crippen LogP contribution < -0.4 is 5.73 Å². The zero-order valence-corrected chi connectivity index (χ0v) is 5.33. The summed E-state index contributed by atoms with van der Waals surface area (Å²) in [6.45, 7) is 5.42. The van der Waals surface area contributed by atoms with Crippen LogP contribution in [-0.4, -0.2) is 6.04 Å². The van der Waals surface area contributed by atoms with E-state index < -0.39 is 0 Å². The second kappa shape index (κ2) is 2.37. The third kappa shape index (κ3) is 2.42. The summed E-state index contributed by atoms with van der Waals surface area (Å²) in [6, 6.07) is 0.0741. The van der Waals surface area contributed by atoms with Gasteiger partial charge in [-0.3, -0.25) is 0 Å². The molecule has 0 aliphatic heterocycles. The molecular weight excluding hydrogens is 142 g/mol. The third-order valence-corrected chi connectivity index (χ3v) is 1.22. The largest absolute Gasteiger partial charge is 0.324 e. The Bertz CT molecular complexity index is 58.6. The highest BCUT2D eigenvalue weighted by Gasteiger charge is 1.89. The lowest BCUT2D eigenvalue weighted by Crippen LogP contribution is -2.13. The zero-order chi connectivity index (χ0) is 5.15. The summed E-state index contributed by atoms with van der Waals surface area (Å²) in [5.41, 5.74) is 5.29. The molecule has 0 aliphatic carbocycles. The van der Waals surface area contributed by atoms with Gasteiger partial charge in [0.1, 0.15) is 0 Å². The van der Waals surface area contributed by atoms with Crippen LogP contribution in [0, 0.1) is 0 Å². The molecule has 0 fully saturated rings. The minimum Gasteiger partial charge on any atom is -0.324 e. The minimum atomic E-state index is 0.0741. The minimum absolute atomic E-state index is 0.0741. The monoisotopic (exact) mass is 149 g/mol. The molecule has 36 valence electrons. The predicted octanol–water partition coefficient (Wildman–Crippen LogP) is 1.24. The molecule has 0 bridgehead atoms. The fraction of sp³-hybridized carbons (Fsp3) is 0.500. The van der Waals surface area contributed by atoms with Crippen molar-refractivity contribution in [2.24, 2.45) is 5.73 Å². The second-order valence-corrected chi connectivity index (χ2v) is 2.25. The van der Waals surface area contributed by atoms with Gasteiger partial charge in [0.05, 0.1) is 0 Å². The smallest absolute Gasteiger partial charge is 0.0326 e. The van der Waals surface area contributed by atoms with E-state index in [0.29, 0.717) is 0 Å². The molecule has 0 aromatic heterocycles. The molecule has 0 radical (unpaired) electrons. The molecule has 0 rings (SSSR count). The van der Waals surface area contributed by atoms with E-state index in [2.05, 4.69) is 22.5 Å². The Morgan fingerprint density at radius 1 is 2.00 bits per heavy atom. The number of halogens is 1. The first kappa shape index (κ1) is 6.18. The van der Waals surface area contributed by atoms with Crippen molar-refractivity contribution < 1.29 is 0 Å². The van der Waals surface area contributed by atoms with Gasteiger partial charge in [-0.2, -0.15) is 0 Å². The molecular formula is C4H8BrN. The number of nitrogens with two attached hydrogens (primary N) is 1. The Labute approximate surface area is 46.4 Å². The quantitative estimate of drug-likeness (QED) is 0.597. The van der Waals surface area contributed by atoms with E-state index in [1.807, 2.05) is 6.92 Å². The molecule has 2 heteroatoms. The Balaban J connectivity index is 3.26. The highest BCUT2D eigenvalue weighted by Crippen LogP contribution is 2.02. The molecule has 0 aliphatic rings. The van der Waals surface area contributed by atoms with Gasteiger partial charge >= 0.3 is 0 Å². The van der Waals surface area contributed by atoms with Gasteiger partial charge in [0.2, 0.25) is 0 Å². The van der Waals surface area contributed by atoms with Crippen molar-refractivity contribution in [2.45, 2.75) is 13.0 Å². The van der Waals surface area contributed by atoms with Crippen LogP contribution in [-0.2, 0) is 0 Å². The molecule has 0 aromatic rings. The first-order chi connectivity index (χ1) is 2.64. The third-order valence-electron chi connectivity index (χ3n) is 0.494. The van der Waals surface area contributed by atoms with E-state index in [9.17, 15) is 0 Å². The van der Waals surface area contributed by atoms with Crippen LogP contribution in [0.25, 0.3) is 0 Å². The molecule has 0 heterocycles. The zero-order valence-electron chi connectivity index (χ0n) is 3.74. The Hall–Kier alpha value is 0.180. The highest BCUT2D eigenvalue weighted by atomic mass is 79.9. The van der Waals surface area contributed by atoms with Gasteiger partial charge in [-0.15, -0.1) is 0 Å². The first-order valence-electron chi connectivity index (χ1n) is 1.74. The van der Waals surface area contributed by atoms with Crippen LogP contribution in [0.5, 0.6) is 0 Å². The van der Waals surface area contributed by atoms with Gasteiger partial charge in [-0.25, -0.2) is 0 Å². The van der Waals surface area contributed by atoms with Crippen molar-refractivity contribution in [1.29, 1.82) is 0 Å². The number of rotatable bonds is 1. The lowest BCUT2D eigenvalue weighted by atomic mass is 10.4. The first-order valence-corrected chi connectivity index (χ1v) is 2.53. The molecule has 1 nitrogen and oxygen atoms in total. The van der Waals surface area contributed by atoms with Crippen molar-refractivity contribution in [3.8, 4) is 0 Å². The van der Waals surface area contributed by atoms with Crippen molar-refractivity contribution in [3.05, 3.63) is 11.1 Å². The maximum Gasteiger partial charge on any atom is 0.0326 e. The fourth-order valence-electron chi connectivity index (χ4n) is 0. The molecule has 0 saturated carbocycles. The van der Waals surface area contributed by atoms with Crippen LogP contribution in [0.3, 0.4) is 0 Å². The van der Waals surface area contributed by atoms with Crippen LogP contribution >= 0.6 is 15.9 Å². The lowest BCUT2D eigenvalue weighted by molar-refractivity contribution is 0.918. The molecule has 0 unspecified atom stereocenters. The molecule has 1 atom stereocenters. The van der Waals surface area contributed by atoms with Gasteiger partial charge in [0.15, 0.2) is 0 Å². The van der Waals surface area contributed by atoms with Crippen molar-refractivity contribution in [2.75, 3.05) is 0 Å². The maximum atomic E-state index is 5.29. The summed E-state index contributed by atoms with van der Waals surface area (Å²) in [7, 11) is 0. The van der Waals surface area contributed by atoms with Crippen LogP contribution in [0.4, 0.5) is 0 Å². The second-order valence-electron chi connectivity index (χ2n) is 1.24. The molecule has 2 N–H and O–H groups in total. The van der Waals surface area contributed by atoms with E-state index in [-0.39, 0.29) is 6.04 Å². The van der Waals surface area contributed by atoms with Crippen molar-refractivity contribution >= 4 is 15.9 Å². The van der Waals surface area contributed by atoms with Gasteiger partial charge in [-0.1, -0.05) is 22.5 Å². The Morgan fingerprint density at radius 3 is 2.17 bits per heavy atom. The van der Waals surface area contributed by atoms with E-state index in [1.54, 1.807) is 0 Å². The summed E-state index contributed by atoms with van der Waals surface area (Å²) in [5.74, 6) is 0. The van der Waals surface area contributed by atoms with Crippen LogP contribution in [0.2, 0.25) is 0 Å². The average molecular weight is 150 g/mol.